The first-order chi connectivity index (χ1) is 9.50. The van der Waals surface area contributed by atoms with E-state index < -0.39 is 20.9 Å². The van der Waals surface area contributed by atoms with Crippen LogP contribution in [0.5, 0.6) is 0 Å². The van der Waals surface area contributed by atoms with E-state index >= 15 is 0 Å². The van der Waals surface area contributed by atoms with Crippen LogP contribution >= 0.6 is 0 Å². The van der Waals surface area contributed by atoms with Crippen LogP contribution in [-0.2, 0) is 10.0 Å². The highest BCUT2D eigenvalue weighted by atomic mass is 32.2. The SMILES string of the molecule is CCC1CN(S(=O)(=O)c2ncccc2F)C(CC)CN1. The summed E-state index contributed by atoms with van der Waals surface area (Å²) in [5.74, 6) is -0.797. The Morgan fingerprint density at radius 2 is 2.20 bits per heavy atom. The maximum Gasteiger partial charge on any atom is 0.263 e. The Kier molecular flexibility index (Phi) is 4.72. The van der Waals surface area contributed by atoms with Crippen molar-refractivity contribution in [1.29, 1.82) is 0 Å². The molecule has 2 atom stereocenters. The van der Waals surface area contributed by atoms with Gasteiger partial charge in [-0.1, -0.05) is 13.8 Å². The van der Waals surface area contributed by atoms with Crippen LogP contribution in [0, 0.1) is 5.82 Å². The summed E-state index contributed by atoms with van der Waals surface area (Å²) < 4.78 is 40.4. The Bertz CT molecular complexity index is 564. The lowest BCUT2D eigenvalue weighted by atomic mass is 10.1. The Morgan fingerprint density at radius 3 is 2.80 bits per heavy atom. The second kappa shape index (κ2) is 6.15. The predicted octanol–water partition coefficient (Wildman–Crippen LogP) is 1.37. The molecule has 1 N–H and O–H groups in total. The van der Waals surface area contributed by atoms with E-state index in [1.807, 2.05) is 13.8 Å². The molecular weight excluding hydrogens is 281 g/mol. The normalized spacial score (nSPS) is 24.8. The van der Waals surface area contributed by atoms with Gasteiger partial charge in [0.2, 0.25) is 5.03 Å². The van der Waals surface area contributed by atoms with Crippen molar-refractivity contribution in [3.63, 3.8) is 0 Å². The summed E-state index contributed by atoms with van der Waals surface area (Å²) in [6, 6.07) is 2.45. The third-order valence-electron chi connectivity index (χ3n) is 3.69. The van der Waals surface area contributed by atoms with Gasteiger partial charge in [-0.15, -0.1) is 0 Å². The maximum absolute atomic E-state index is 13.8. The molecule has 1 aromatic heterocycles. The van der Waals surface area contributed by atoms with Crippen LogP contribution in [0.25, 0.3) is 0 Å². The van der Waals surface area contributed by atoms with E-state index in [9.17, 15) is 12.8 Å². The lowest BCUT2D eigenvalue weighted by Crippen LogP contribution is -2.57. The zero-order chi connectivity index (χ0) is 14.8. The fourth-order valence-electron chi connectivity index (χ4n) is 2.42. The van der Waals surface area contributed by atoms with Crippen LogP contribution in [0.1, 0.15) is 26.7 Å². The summed E-state index contributed by atoms with van der Waals surface area (Å²) in [5, 5.41) is 2.84. The third kappa shape index (κ3) is 2.84. The van der Waals surface area contributed by atoms with Gasteiger partial charge in [-0.2, -0.15) is 4.31 Å². The van der Waals surface area contributed by atoms with Crippen molar-refractivity contribution in [1.82, 2.24) is 14.6 Å². The first-order valence-electron chi connectivity index (χ1n) is 6.86. The summed E-state index contributed by atoms with van der Waals surface area (Å²) in [6.07, 6.45) is 2.81. The van der Waals surface area contributed by atoms with Gasteiger partial charge in [0.15, 0.2) is 5.82 Å². The molecule has 112 valence electrons. The molecule has 0 saturated carbocycles. The van der Waals surface area contributed by atoms with Crippen molar-refractivity contribution in [2.75, 3.05) is 13.1 Å². The van der Waals surface area contributed by atoms with Crippen LogP contribution in [0.2, 0.25) is 0 Å². The van der Waals surface area contributed by atoms with E-state index in [0.717, 1.165) is 12.5 Å². The largest absolute Gasteiger partial charge is 0.311 e. The first-order valence-corrected chi connectivity index (χ1v) is 8.30. The minimum atomic E-state index is -3.89. The molecule has 0 spiro atoms. The number of rotatable bonds is 4. The van der Waals surface area contributed by atoms with Gasteiger partial charge >= 0.3 is 0 Å². The summed E-state index contributed by atoms with van der Waals surface area (Å²) in [5.41, 5.74) is 0. The monoisotopic (exact) mass is 301 g/mol. The molecule has 0 radical (unpaired) electrons. The van der Waals surface area contributed by atoms with E-state index in [-0.39, 0.29) is 12.1 Å². The summed E-state index contributed by atoms with van der Waals surface area (Å²) in [6.45, 7) is 4.86. The number of hydrogen-bond acceptors (Lipinski definition) is 4. The molecule has 2 heterocycles. The van der Waals surface area contributed by atoms with Crippen LogP contribution in [-0.4, -0.2) is 42.9 Å². The molecule has 0 bridgehead atoms. The lowest BCUT2D eigenvalue weighted by molar-refractivity contribution is 0.214. The van der Waals surface area contributed by atoms with Gasteiger partial charge in [-0.3, -0.25) is 0 Å². The number of nitrogens with one attached hydrogen (secondary N) is 1. The minimum absolute atomic E-state index is 0.0966. The molecule has 2 rings (SSSR count). The molecule has 1 aliphatic rings. The molecular formula is C13H20FN3O2S. The molecule has 7 heteroatoms. The van der Waals surface area contributed by atoms with Gasteiger partial charge in [0, 0.05) is 31.4 Å². The Balaban J connectivity index is 2.38. The van der Waals surface area contributed by atoms with Gasteiger partial charge in [0.1, 0.15) is 0 Å². The Labute approximate surface area is 119 Å². The molecule has 5 nitrogen and oxygen atoms in total. The van der Waals surface area contributed by atoms with Crippen LogP contribution < -0.4 is 5.32 Å². The number of piperazine rings is 1. The number of sulfonamides is 1. The Hall–Kier alpha value is -1.05. The molecule has 2 unspecified atom stereocenters. The Morgan fingerprint density at radius 1 is 1.45 bits per heavy atom. The average molecular weight is 301 g/mol. The highest BCUT2D eigenvalue weighted by molar-refractivity contribution is 7.89. The molecule has 20 heavy (non-hydrogen) atoms. The second-order valence-corrected chi connectivity index (χ2v) is 6.75. The molecule has 1 aliphatic heterocycles. The fourth-order valence-corrected chi connectivity index (χ4v) is 4.15. The van der Waals surface area contributed by atoms with Gasteiger partial charge < -0.3 is 5.32 Å². The first kappa shape index (κ1) is 15.3. The van der Waals surface area contributed by atoms with Crippen molar-refractivity contribution in [2.45, 2.75) is 43.8 Å². The smallest absolute Gasteiger partial charge is 0.263 e. The van der Waals surface area contributed by atoms with E-state index in [1.165, 1.54) is 16.6 Å². The third-order valence-corrected chi connectivity index (χ3v) is 5.55. The van der Waals surface area contributed by atoms with Crippen molar-refractivity contribution in [3.8, 4) is 0 Å². The van der Waals surface area contributed by atoms with Crippen molar-refractivity contribution >= 4 is 10.0 Å². The second-order valence-electron chi connectivity index (χ2n) is 4.94. The van der Waals surface area contributed by atoms with Crippen LogP contribution in [0.4, 0.5) is 4.39 Å². The number of aromatic nitrogens is 1. The fraction of sp³-hybridized carbons (Fsp3) is 0.615. The quantitative estimate of drug-likeness (QED) is 0.912. The van der Waals surface area contributed by atoms with Crippen LogP contribution in [0.15, 0.2) is 23.4 Å². The molecule has 0 aromatic carbocycles. The topological polar surface area (TPSA) is 62.3 Å². The maximum atomic E-state index is 13.8. The van der Waals surface area contributed by atoms with Gasteiger partial charge in [0.25, 0.3) is 10.0 Å². The lowest BCUT2D eigenvalue weighted by Gasteiger charge is -2.38. The van der Waals surface area contributed by atoms with Crippen molar-refractivity contribution in [2.24, 2.45) is 0 Å². The molecule has 0 aliphatic carbocycles. The van der Waals surface area contributed by atoms with E-state index in [2.05, 4.69) is 10.3 Å². The molecule has 0 amide bonds. The molecule has 1 fully saturated rings. The van der Waals surface area contributed by atoms with Crippen molar-refractivity contribution in [3.05, 3.63) is 24.1 Å². The summed E-state index contributed by atoms with van der Waals surface area (Å²) in [4.78, 5) is 3.72. The number of nitrogens with zero attached hydrogens (tertiary/aromatic N) is 2. The average Bonchev–Trinajstić information content (AvgIpc) is 2.46. The van der Waals surface area contributed by atoms with E-state index in [0.29, 0.717) is 19.5 Å². The van der Waals surface area contributed by atoms with Gasteiger partial charge in [0.05, 0.1) is 0 Å². The summed E-state index contributed by atoms with van der Waals surface area (Å²) >= 11 is 0. The van der Waals surface area contributed by atoms with Crippen LogP contribution in [0.3, 0.4) is 0 Å². The number of halogens is 1. The standard InChI is InChI=1S/C13H20FN3O2S/c1-3-10-9-17(11(4-2)8-16-10)20(18,19)13-12(14)6-5-7-15-13/h5-7,10-11,16H,3-4,8-9H2,1-2H3. The minimum Gasteiger partial charge on any atom is -0.311 e. The van der Waals surface area contributed by atoms with E-state index in [1.54, 1.807) is 0 Å². The predicted molar refractivity (Wildman–Crippen MR) is 74.2 cm³/mol. The van der Waals surface area contributed by atoms with E-state index in [4.69, 9.17) is 0 Å². The highest BCUT2D eigenvalue weighted by Crippen LogP contribution is 2.23. The molecule has 1 saturated heterocycles. The zero-order valence-electron chi connectivity index (χ0n) is 11.7. The zero-order valence-corrected chi connectivity index (χ0v) is 12.5. The molecule has 1 aromatic rings. The number of hydrogen-bond donors (Lipinski definition) is 1. The van der Waals surface area contributed by atoms with Gasteiger partial charge in [-0.05, 0) is 25.0 Å². The number of pyridine rings is 1. The van der Waals surface area contributed by atoms with Crippen molar-refractivity contribution < 1.29 is 12.8 Å². The van der Waals surface area contributed by atoms with Gasteiger partial charge in [-0.25, -0.2) is 17.8 Å². The summed E-state index contributed by atoms with van der Waals surface area (Å²) in [7, 11) is -3.89. The highest BCUT2D eigenvalue weighted by Gasteiger charge is 2.37.